The highest BCUT2D eigenvalue weighted by Crippen LogP contribution is 2.20. The molecule has 3 aromatic rings. The second-order valence-corrected chi connectivity index (χ2v) is 6.66. The van der Waals surface area contributed by atoms with Gasteiger partial charge in [0.25, 0.3) is 5.91 Å². The minimum absolute atomic E-state index is 0.117. The Hall–Kier alpha value is -2.40. The summed E-state index contributed by atoms with van der Waals surface area (Å²) in [6.45, 7) is 6.79. The van der Waals surface area contributed by atoms with Gasteiger partial charge in [0.05, 0.1) is 12.1 Å². The highest BCUT2D eigenvalue weighted by Gasteiger charge is 2.16. The van der Waals surface area contributed by atoms with Gasteiger partial charge in [0.15, 0.2) is 0 Å². The van der Waals surface area contributed by atoms with Gasteiger partial charge in [-0.05, 0) is 56.0 Å². The normalized spacial score (nSPS) is 10.7. The molecule has 0 fully saturated rings. The monoisotopic (exact) mass is 325 g/mol. The van der Waals surface area contributed by atoms with Crippen LogP contribution < -0.4 is 5.32 Å². The fourth-order valence-corrected chi connectivity index (χ4v) is 3.31. The molecule has 4 nitrogen and oxygen atoms in total. The number of aromatic nitrogens is 2. The number of thiophene rings is 1. The number of nitrogens with one attached hydrogen (secondary N) is 1. The zero-order chi connectivity index (χ0) is 16.4. The lowest BCUT2D eigenvalue weighted by molar-refractivity contribution is 0.102. The van der Waals surface area contributed by atoms with E-state index in [2.05, 4.69) is 26.3 Å². The van der Waals surface area contributed by atoms with E-state index in [0.29, 0.717) is 11.4 Å². The molecular formula is C18H19N3OS. The van der Waals surface area contributed by atoms with Gasteiger partial charge in [-0.3, -0.25) is 4.79 Å². The maximum absolute atomic E-state index is 12.6. The predicted octanol–water partition coefficient (Wildman–Crippen LogP) is 4.17. The van der Waals surface area contributed by atoms with Crippen LogP contribution in [0, 0.1) is 20.8 Å². The van der Waals surface area contributed by atoms with Crippen molar-refractivity contribution in [2.45, 2.75) is 27.3 Å². The first-order valence-electron chi connectivity index (χ1n) is 7.47. The first-order chi connectivity index (χ1) is 11.0. The average molecular weight is 325 g/mol. The van der Waals surface area contributed by atoms with E-state index in [1.165, 1.54) is 4.88 Å². The van der Waals surface area contributed by atoms with E-state index >= 15 is 0 Å². The molecule has 3 heterocycles. The molecule has 0 aromatic carbocycles. The molecule has 0 bridgehead atoms. The minimum Gasteiger partial charge on any atom is -0.343 e. The number of rotatable bonds is 4. The molecule has 0 aliphatic heterocycles. The van der Waals surface area contributed by atoms with E-state index in [4.69, 9.17) is 0 Å². The first kappa shape index (κ1) is 15.5. The second-order valence-electron chi connectivity index (χ2n) is 5.62. The largest absolute Gasteiger partial charge is 0.343 e. The molecule has 0 spiro atoms. The first-order valence-corrected chi connectivity index (χ1v) is 8.35. The van der Waals surface area contributed by atoms with Crippen LogP contribution in [0.4, 0.5) is 5.82 Å². The highest BCUT2D eigenvalue weighted by atomic mass is 32.1. The third kappa shape index (κ3) is 3.35. The maximum atomic E-state index is 12.6. The Bertz CT molecular complexity index is 834. The van der Waals surface area contributed by atoms with Gasteiger partial charge in [0.2, 0.25) is 0 Å². The Morgan fingerprint density at radius 3 is 2.78 bits per heavy atom. The number of hydrogen-bond donors (Lipinski definition) is 1. The molecular weight excluding hydrogens is 306 g/mol. The summed E-state index contributed by atoms with van der Waals surface area (Å²) in [5, 5.41) is 4.95. The Labute approximate surface area is 139 Å². The number of hydrogen-bond acceptors (Lipinski definition) is 3. The zero-order valence-corrected chi connectivity index (χ0v) is 14.3. The summed E-state index contributed by atoms with van der Waals surface area (Å²) in [7, 11) is 0. The average Bonchev–Trinajstić information content (AvgIpc) is 3.11. The van der Waals surface area contributed by atoms with Crippen molar-refractivity contribution in [3.8, 4) is 0 Å². The van der Waals surface area contributed by atoms with Gasteiger partial charge in [-0.15, -0.1) is 11.3 Å². The fraction of sp³-hybridized carbons (Fsp3) is 0.222. The molecule has 0 unspecified atom stereocenters. The molecule has 3 rings (SSSR count). The van der Waals surface area contributed by atoms with Gasteiger partial charge in [-0.2, -0.15) is 0 Å². The van der Waals surface area contributed by atoms with Gasteiger partial charge >= 0.3 is 0 Å². The second kappa shape index (κ2) is 6.38. The van der Waals surface area contributed by atoms with E-state index in [-0.39, 0.29) is 5.91 Å². The summed E-state index contributed by atoms with van der Waals surface area (Å²) in [5.74, 6) is 0.465. The molecule has 23 heavy (non-hydrogen) atoms. The molecule has 0 atom stereocenters. The molecule has 118 valence electrons. The van der Waals surface area contributed by atoms with Crippen LogP contribution in [0.2, 0.25) is 0 Å². The number of carbonyl (C=O) groups is 1. The topological polar surface area (TPSA) is 46.9 Å². The van der Waals surface area contributed by atoms with Crippen LogP contribution in [-0.2, 0) is 6.54 Å². The van der Waals surface area contributed by atoms with Crippen molar-refractivity contribution in [2.75, 3.05) is 5.32 Å². The Kier molecular flexibility index (Phi) is 4.30. The molecule has 0 saturated heterocycles. The number of amides is 1. The van der Waals surface area contributed by atoms with Crippen molar-refractivity contribution in [2.24, 2.45) is 0 Å². The molecule has 5 heteroatoms. The Morgan fingerprint density at radius 2 is 2.09 bits per heavy atom. The van der Waals surface area contributed by atoms with Crippen molar-refractivity contribution in [3.63, 3.8) is 0 Å². The summed E-state index contributed by atoms with van der Waals surface area (Å²) in [5.41, 5.74) is 3.82. The van der Waals surface area contributed by atoms with Crippen LogP contribution in [0.25, 0.3) is 0 Å². The zero-order valence-electron chi connectivity index (χ0n) is 13.5. The van der Waals surface area contributed by atoms with E-state index in [0.717, 1.165) is 23.5 Å². The van der Waals surface area contributed by atoms with Crippen molar-refractivity contribution < 1.29 is 4.79 Å². The minimum atomic E-state index is -0.117. The molecule has 3 aromatic heterocycles. The van der Waals surface area contributed by atoms with E-state index in [1.807, 2.05) is 45.0 Å². The maximum Gasteiger partial charge on any atom is 0.258 e. The standard InChI is InChI=1S/C18H19N3OS/c1-12-6-7-19-17(9-12)20-18(22)16-10-13(2)21(14(16)3)11-15-5-4-8-23-15/h4-10H,11H2,1-3H3,(H,19,20,22). The van der Waals surface area contributed by atoms with E-state index in [9.17, 15) is 4.79 Å². The molecule has 0 saturated carbocycles. The highest BCUT2D eigenvalue weighted by molar-refractivity contribution is 7.09. The number of aryl methyl sites for hydroxylation is 2. The molecule has 0 radical (unpaired) electrons. The van der Waals surface area contributed by atoms with Crippen LogP contribution >= 0.6 is 11.3 Å². The van der Waals surface area contributed by atoms with Gasteiger partial charge in [0.1, 0.15) is 5.82 Å². The number of carbonyl (C=O) groups excluding carboxylic acids is 1. The van der Waals surface area contributed by atoms with Crippen LogP contribution in [0.15, 0.2) is 41.9 Å². The lowest BCUT2D eigenvalue weighted by Crippen LogP contribution is -2.14. The summed E-state index contributed by atoms with van der Waals surface area (Å²) >= 11 is 1.73. The summed E-state index contributed by atoms with van der Waals surface area (Å²) in [6, 6.07) is 9.87. The Morgan fingerprint density at radius 1 is 1.26 bits per heavy atom. The summed E-state index contributed by atoms with van der Waals surface area (Å²) < 4.78 is 2.17. The fourth-order valence-electron chi connectivity index (χ4n) is 2.62. The quantitative estimate of drug-likeness (QED) is 0.782. The van der Waals surface area contributed by atoms with Crippen LogP contribution in [0.5, 0.6) is 0 Å². The molecule has 1 amide bonds. The van der Waals surface area contributed by atoms with Crippen molar-refractivity contribution >= 4 is 23.1 Å². The van der Waals surface area contributed by atoms with Crippen LogP contribution in [0.1, 0.15) is 32.2 Å². The molecule has 0 aliphatic rings. The smallest absolute Gasteiger partial charge is 0.258 e. The lowest BCUT2D eigenvalue weighted by Gasteiger charge is -2.09. The van der Waals surface area contributed by atoms with E-state index in [1.54, 1.807) is 17.5 Å². The number of pyridine rings is 1. The Balaban J connectivity index is 1.84. The van der Waals surface area contributed by atoms with Crippen molar-refractivity contribution in [1.29, 1.82) is 0 Å². The van der Waals surface area contributed by atoms with Gasteiger partial charge in [-0.1, -0.05) is 6.07 Å². The van der Waals surface area contributed by atoms with Crippen molar-refractivity contribution in [1.82, 2.24) is 9.55 Å². The number of nitrogens with zero attached hydrogens (tertiary/aromatic N) is 2. The molecule has 0 aliphatic carbocycles. The summed E-state index contributed by atoms with van der Waals surface area (Å²) in [6.07, 6.45) is 1.70. The third-order valence-corrected chi connectivity index (χ3v) is 4.73. The van der Waals surface area contributed by atoms with Gasteiger partial charge in [-0.25, -0.2) is 4.98 Å². The third-order valence-electron chi connectivity index (χ3n) is 3.87. The molecule has 1 N–H and O–H groups in total. The van der Waals surface area contributed by atoms with Crippen molar-refractivity contribution in [3.05, 3.63) is 69.3 Å². The predicted molar refractivity (Wildman–Crippen MR) is 94.3 cm³/mol. The van der Waals surface area contributed by atoms with Crippen LogP contribution in [0.3, 0.4) is 0 Å². The van der Waals surface area contributed by atoms with Crippen LogP contribution in [-0.4, -0.2) is 15.5 Å². The SMILES string of the molecule is Cc1ccnc(NC(=O)c2cc(C)n(Cc3cccs3)c2C)c1. The van der Waals surface area contributed by atoms with Gasteiger partial charge in [0, 0.05) is 22.5 Å². The summed E-state index contributed by atoms with van der Waals surface area (Å²) in [4.78, 5) is 18.0. The van der Waals surface area contributed by atoms with E-state index < -0.39 is 0 Å². The number of anilines is 1. The van der Waals surface area contributed by atoms with Gasteiger partial charge < -0.3 is 9.88 Å². The lowest BCUT2D eigenvalue weighted by atomic mass is 10.2.